The monoisotopic (exact) mass is 341 g/mol. The van der Waals surface area contributed by atoms with Crippen LogP contribution in [0.3, 0.4) is 0 Å². The number of nitrogens with zero attached hydrogens (tertiary/aromatic N) is 2. The molecule has 0 fully saturated rings. The van der Waals surface area contributed by atoms with Crippen LogP contribution in [-0.2, 0) is 0 Å². The molecule has 3 aromatic rings. The van der Waals surface area contributed by atoms with Gasteiger partial charge in [-0.25, -0.2) is 9.97 Å². The number of hydrogen-bond donors (Lipinski definition) is 1. The Morgan fingerprint density at radius 2 is 2.06 bits per heavy atom. The molecule has 0 bridgehead atoms. The number of H-pyrrole nitrogens is 1. The lowest BCUT2D eigenvalue weighted by Gasteiger charge is -2.01. The molecule has 0 amide bonds. The Hall–Kier alpha value is -1.10. The number of rotatable bonds is 1. The Balaban J connectivity index is 2.22. The molecule has 1 aromatic carbocycles. The van der Waals surface area contributed by atoms with E-state index in [1.165, 1.54) is 0 Å². The second kappa shape index (κ2) is 4.53. The average molecular weight is 343 g/mol. The highest BCUT2D eigenvalue weighted by Crippen LogP contribution is 2.32. The van der Waals surface area contributed by atoms with E-state index >= 15 is 0 Å². The molecule has 18 heavy (non-hydrogen) atoms. The number of benzene rings is 1. The zero-order valence-corrected chi connectivity index (χ0v) is 12.0. The summed E-state index contributed by atoms with van der Waals surface area (Å²) in [6, 6.07) is 7.35. The first-order valence-corrected chi connectivity index (χ1v) is 6.65. The van der Waals surface area contributed by atoms with Crippen molar-refractivity contribution >= 4 is 50.3 Å². The zero-order valence-electron chi connectivity index (χ0n) is 8.92. The van der Waals surface area contributed by atoms with Crippen molar-refractivity contribution in [1.82, 2.24) is 15.0 Å². The van der Waals surface area contributed by atoms with Gasteiger partial charge < -0.3 is 4.98 Å². The van der Waals surface area contributed by atoms with Crippen molar-refractivity contribution in [2.75, 3.05) is 0 Å². The van der Waals surface area contributed by atoms with Gasteiger partial charge in [-0.05, 0) is 34.1 Å². The molecule has 0 atom stereocenters. The maximum atomic E-state index is 6.16. The third kappa shape index (κ3) is 2.00. The third-order valence-electron chi connectivity index (χ3n) is 2.51. The van der Waals surface area contributed by atoms with Crippen LogP contribution < -0.4 is 0 Å². The van der Waals surface area contributed by atoms with Gasteiger partial charge in [0, 0.05) is 16.2 Å². The summed E-state index contributed by atoms with van der Waals surface area (Å²) in [4.78, 5) is 11.8. The molecule has 2 aromatic heterocycles. The molecule has 1 N–H and O–H groups in total. The van der Waals surface area contributed by atoms with Crippen LogP contribution in [0.25, 0.3) is 22.6 Å². The van der Waals surface area contributed by atoms with Crippen molar-refractivity contribution in [3.63, 3.8) is 0 Å². The molecular weight excluding hydrogens is 337 g/mol. The number of imidazole rings is 1. The molecule has 90 valence electrons. The third-order valence-corrected chi connectivity index (χ3v) is 3.76. The van der Waals surface area contributed by atoms with Gasteiger partial charge in [0.2, 0.25) is 0 Å². The van der Waals surface area contributed by atoms with Gasteiger partial charge in [-0.2, -0.15) is 0 Å². The lowest BCUT2D eigenvalue weighted by molar-refractivity contribution is 1.30. The van der Waals surface area contributed by atoms with E-state index in [1.54, 1.807) is 12.3 Å². The number of nitrogens with one attached hydrogen (secondary N) is 1. The van der Waals surface area contributed by atoms with Crippen molar-refractivity contribution in [2.45, 2.75) is 0 Å². The van der Waals surface area contributed by atoms with Crippen LogP contribution >= 0.6 is 39.1 Å². The Kier molecular flexibility index (Phi) is 3.01. The van der Waals surface area contributed by atoms with Gasteiger partial charge in [-0.15, -0.1) is 0 Å². The fourth-order valence-electron chi connectivity index (χ4n) is 1.69. The van der Waals surface area contributed by atoms with Crippen LogP contribution in [0, 0.1) is 0 Å². The molecule has 3 rings (SSSR count). The number of aromatic nitrogens is 3. The summed E-state index contributed by atoms with van der Waals surface area (Å²) in [5.74, 6) is 0.656. The van der Waals surface area contributed by atoms with E-state index in [0.717, 1.165) is 15.6 Å². The van der Waals surface area contributed by atoms with Crippen LogP contribution in [0.4, 0.5) is 0 Å². The SMILES string of the molecule is Clc1cccc(-c2nc3ncc(Br)cc3[nH]2)c1Cl. The van der Waals surface area contributed by atoms with E-state index in [-0.39, 0.29) is 0 Å². The van der Waals surface area contributed by atoms with E-state index in [0.29, 0.717) is 21.5 Å². The summed E-state index contributed by atoms with van der Waals surface area (Å²) in [5, 5.41) is 0.987. The summed E-state index contributed by atoms with van der Waals surface area (Å²) >= 11 is 15.5. The Morgan fingerprint density at radius 1 is 1.22 bits per heavy atom. The summed E-state index contributed by atoms with van der Waals surface area (Å²) in [6.45, 7) is 0. The van der Waals surface area contributed by atoms with E-state index < -0.39 is 0 Å². The number of hydrogen-bond acceptors (Lipinski definition) is 2. The Bertz CT molecular complexity index is 739. The fraction of sp³-hybridized carbons (Fsp3) is 0. The second-order valence-electron chi connectivity index (χ2n) is 3.71. The van der Waals surface area contributed by atoms with E-state index in [4.69, 9.17) is 23.2 Å². The van der Waals surface area contributed by atoms with Crippen LogP contribution in [0.1, 0.15) is 0 Å². The van der Waals surface area contributed by atoms with Crippen LogP contribution in [-0.4, -0.2) is 15.0 Å². The standard InChI is InChI=1S/C12H6BrCl2N3/c13-6-4-9-12(16-5-6)18-11(17-9)7-2-1-3-8(14)10(7)15/h1-5H,(H,16,17,18). The predicted molar refractivity (Wildman–Crippen MR) is 77.0 cm³/mol. The molecule has 2 heterocycles. The number of halogens is 3. The quantitative estimate of drug-likeness (QED) is 0.696. The van der Waals surface area contributed by atoms with Gasteiger partial charge in [0.1, 0.15) is 5.82 Å². The highest BCUT2D eigenvalue weighted by molar-refractivity contribution is 9.10. The minimum absolute atomic E-state index is 0.484. The van der Waals surface area contributed by atoms with E-state index in [1.807, 2.05) is 18.2 Å². The second-order valence-corrected chi connectivity index (χ2v) is 5.41. The molecule has 0 spiro atoms. The van der Waals surface area contributed by atoms with Crippen LogP contribution in [0.2, 0.25) is 10.0 Å². The summed E-state index contributed by atoms with van der Waals surface area (Å²) < 4.78 is 0.891. The fourth-order valence-corrected chi connectivity index (χ4v) is 2.41. The molecular formula is C12H6BrCl2N3. The number of fused-ring (bicyclic) bond motifs is 1. The lowest BCUT2D eigenvalue weighted by Crippen LogP contribution is -1.82. The smallest absolute Gasteiger partial charge is 0.178 e. The van der Waals surface area contributed by atoms with Gasteiger partial charge in [0.15, 0.2) is 5.65 Å². The average Bonchev–Trinajstić information content (AvgIpc) is 2.75. The first-order valence-electron chi connectivity index (χ1n) is 5.11. The number of pyridine rings is 1. The minimum Gasteiger partial charge on any atom is -0.336 e. The van der Waals surface area contributed by atoms with Gasteiger partial charge in [-0.3, -0.25) is 0 Å². The predicted octanol–water partition coefficient (Wildman–Crippen LogP) is 4.69. The highest BCUT2D eigenvalue weighted by Gasteiger charge is 2.11. The van der Waals surface area contributed by atoms with Gasteiger partial charge >= 0.3 is 0 Å². The van der Waals surface area contributed by atoms with Crippen molar-refractivity contribution in [2.24, 2.45) is 0 Å². The lowest BCUT2D eigenvalue weighted by atomic mass is 10.2. The molecule has 0 radical (unpaired) electrons. The largest absolute Gasteiger partial charge is 0.336 e. The molecule has 0 aliphatic rings. The topological polar surface area (TPSA) is 41.6 Å². The maximum Gasteiger partial charge on any atom is 0.178 e. The van der Waals surface area contributed by atoms with Gasteiger partial charge in [-0.1, -0.05) is 29.3 Å². The zero-order chi connectivity index (χ0) is 12.7. The molecule has 0 saturated heterocycles. The molecule has 0 unspecified atom stereocenters. The molecule has 0 aliphatic carbocycles. The highest BCUT2D eigenvalue weighted by atomic mass is 79.9. The normalized spacial score (nSPS) is 11.1. The first kappa shape index (κ1) is 12.0. The summed E-state index contributed by atoms with van der Waals surface area (Å²) in [5.41, 5.74) is 2.25. The van der Waals surface area contributed by atoms with Crippen molar-refractivity contribution in [3.05, 3.63) is 45.0 Å². The summed E-state index contributed by atoms with van der Waals surface area (Å²) in [7, 11) is 0. The number of aromatic amines is 1. The Morgan fingerprint density at radius 3 is 2.89 bits per heavy atom. The van der Waals surface area contributed by atoms with E-state index in [2.05, 4.69) is 30.9 Å². The van der Waals surface area contributed by atoms with Gasteiger partial charge in [0.05, 0.1) is 15.6 Å². The van der Waals surface area contributed by atoms with Crippen molar-refractivity contribution in [3.8, 4) is 11.4 Å². The molecule has 0 aliphatic heterocycles. The Labute approximate surface area is 121 Å². The van der Waals surface area contributed by atoms with Crippen molar-refractivity contribution in [1.29, 1.82) is 0 Å². The van der Waals surface area contributed by atoms with Crippen molar-refractivity contribution < 1.29 is 0 Å². The molecule has 6 heteroatoms. The first-order chi connectivity index (χ1) is 8.65. The van der Waals surface area contributed by atoms with E-state index in [9.17, 15) is 0 Å². The molecule has 3 nitrogen and oxygen atoms in total. The van der Waals surface area contributed by atoms with Crippen LogP contribution in [0.5, 0.6) is 0 Å². The summed E-state index contributed by atoms with van der Waals surface area (Å²) in [6.07, 6.45) is 1.70. The molecule has 0 saturated carbocycles. The van der Waals surface area contributed by atoms with Crippen LogP contribution in [0.15, 0.2) is 34.9 Å². The van der Waals surface area contributed by atoms with Gasteiger partial charge in [0.25, 0.3) is 0 Å². The minimum atomic E-state index is 0.484. The maximum absolute atomic E-state index is 6.16.